The lowest BCUT2D eigenvalue weighted by atomic mass is 10.1. The molecule has 0 spiro atoms. The van der Waals surface area contributed by atoms with Crippen molar-refractivity contribution in [2.45, 2.75) is 89.6 Å². The lowest BCUT2D eigenvalue weighted by Crippen LogP contribution is -2.39. The molecule has 0 bridgehead atoms. The second-order valence-corrected chi connectivity index (χ2v) is 13.1. The summed E-state index contributed by atoms with van der Waals surface area (Å²) < 4.78 is 29.2. The standard InChI is InChI=1S/C17H32O5Si/c1-16(2,3)23(7,8)19-11-9-10-12-13-14(15(18-6)20-12)22-17(4,5)21-13/h9,11-15H,10H2,1-8H3/b11-9+/t12-,13-,14-,15-/m1/s1. The van der Waals surface area contributed by atoms with Gasteiger partial charge in [0, 0.05) is 7.11 Å². The molecule has 0 N–H and O–H groups in total. The molecule has 2 rings (SSSR count). The van der Waals surface area contributed by atoms with E-state index in [0.717, 1.165) is 6.42 Å². The van der Waals surface area contributed by atoms with E-state index in [0.29, 0.717) is 0 Å². The maximum Gasteiger partial charge on any atom is 0.249 e. The van der Waals surface area contributed by atoms with Gasteiger partial charge in [0.15, 0.2) is 12.1 Å². The molecule has 134 valence electrons. The Morgan fingerprint density at radius 3 is 2.30 bits per heavy atom. The molecule has 2 aliphatic rings. The second kappa shape index (κ2) is 6.48. The van der Waals surface area contributed by atoms with E-state index >= 15 is 0 Å². The summed E-state index contributed by atoms with van der Waals surface area (Å²) in [6, 6.07) is 0. The van der Waals surface area contributed by atoms with Crippen LogP contribution in [0.15, 0.2) is 12.3 Å². The monoisotopic (exact) mass is 344 g/mol. The Balaban J connectivity index is 1.92. The molecule has 0 aromatic carbocycles. The predicted octanol–water partition coefficient (Wildman–Crippen LogP) is 3.80. The fraction of sp³-hybridized carbons (Fsp3) is 0.882. The van der Waals surface area contributed by atoms with Gasteiger partial charge in [-0.3, -0.25) is 0 Å². The molecule has 0 amide bonds. The highest BCUT2D eigenvalue weighted by Crippen LogP contribution is 2.40. The quantitative estimate of drug-likeness (QED) is 0.561. The predicted molar refractivity (Wildman–Crippen MR) is 91.5 cm³/mol. The van der Waals surface area contributed by atoms with Crippen LogP contribution in [0.2, 0.25) is 18.1 Å². The third-order valence-electron chi connectivity index (χ3n) is 4.97. The van der Waals surface area contributed by atoms with Crippen LogP contribution in [-0.2, 0) is 23.4 Å². The van der Waals surface area contributed by atoms with Gasteiger partial charge in [-0.25, -0.2) is 0 Å². The van der Waals surface area contributed by atoms with Gasteiger partial charge in [-0.2, -0.15) is 0 Å². The Morgan fingerprint density at radius 1 is 1.13 bits per heavy atom. The Hall–Kier alpha value is -0.403. The van der Waals surface area contributed by atoms with Gasteiger partial charge >= 0.3 is 0 Å². The summed E-state index contributed by atoms with van der Waals surface area (Å²) in [4.78, 5) is 0. The Kier molecular flexibility index (Phi) is 5.33. The number of ether oxygens (including phenoxy) is 4. The van der Waals surface area contributed by atoms with Gasteiger partial charge in [0.2, 0.25) is 8.32 Å². The normalized spacial score (nSPS) is 34.1. The smallest absolute Gasteiger partial charge is 0.249 e. The molecular weight excluding hydrogens is 312 g/mol. The molecule has 23 heavy (non-hydrogen) atoms. The molecule has 2 heterocycles. The zero-order valence-corrected chi connectivity index (χ0v) is 16.7. The summed E-state index contributed by atoms with van der Waals surface area (Å²) in [6.07, 6.45) is 3.84. The Labute approximate surface area is 141 Å². The first-order valence-electron chi connectivity index (χ1n) is 8.33. The van der Waals surface area contributed by atoms with Gasteiger partial charge < -0.3 is 23.4 Å². The molecule has 6 heteroatoms. The number of rotatable bonds is 5. The highest BCUT2D eigenvalue weighted by Gasteiger charge is 2.55. The zero-order valence-electron chi connectivity index (χ0n) is 15.7. The van der Waals surface area contributed by atoms with Crippen LogP contribution >= 0.6 is 0 Å². The summed E-state index contributed by atoms with van der Waals surface area (Å²) in [6.45, 7) is 15.0. The van der Waals surface area contributed by atoms with Crippen molar-refractivity contribution < 1.29 is 23.4 Å². The molecule has 2 fully saturated rings. The first kappa shape index (κ1) is 18.9. The topological polar surface area (TPSA) is 46.2 Å². The number of hydrogen-bond acceptors (Lipinski definition) is 5. The second-order valence-electron chi connectivity index (χ2n) is 8.33. The van der Waals surface area contributed by atoms with Gasteiger partial charge in [0.1, 0.15) is 12.2 Å². The molecule has 5 nitrogen and oxygen atoms in total. The fourth-order valence-electron chi connectivity index (χ4n) is 2.61. The third-order valence-corrected chi connectivity index (χ3v) is 9.31. The van der Waals surface area contributed by atoms with Crippen molar-refractivity contribution in [1.82, 2.24) is 0 Å². The minimum atomic E-state index is -1.76. The van der Waals surface area contributed by atoms with E-state index in [1.807, 2.05) is 26.2 Å². The van der Waals surface area contributed by atoms with Crippen molar-refractivity contribution in [2.24, 2.45) is 0 Å². The van der Waals surface area contributed by atoms with E-state index in [2.05, 4.69) is 33.9 Å². The van der Waals surface area contributed by atoms with Gasteiger partial charge in [0.05, 0.1) is 12.4 Å². The van der Waals surface area contributed by atoms with Crippen LogP contribution in [0, 0.1) is 0 Å². The maximum absolute atomic E-state index is 6.06. The van der Waals surface area contributed by atoms with Crippen LogP contribution in [0.4, 0.5) is 0 Å². The van der Waals surface area contributed by atoms with E-state index in [1.165, 1.54) is 0 Å². The molecule has 0 unspecified atom stereocenters. The van der Waals surface area contributed by atoms with E-state index < -0.39 is 14.1 Å². The Morgan fingerprint density at radius 2 is 1.74 bits per heavy atom. The lowest BCUT2D eigenvalue weighted by molar-refractivity contribution is -0.226. The van der Waals surface area contributed by atoms with Crippen LogP contribution in [0.1, 0.15) is 41.0 Å². The summed E-state index contributed by atoms with van der Waals surface area (Å²) in [7, 11) is -0.126. The van der Waals surface area contributed by atoms with Crippen molar-refractivity contribution in [2.75, 3.05) is 7.11 Å². The fourth-order valence-corrected chi connectivity index (χ4v) is 3.40. The average Bonchev–Trinajstić information content (AvgIpc) is 2.87. The third kappa shape index (κ3) is 4.17. The highest BCUT2D eigenvalue weighted by molar-refractivity contribution is 6.74. The number of hydrogen-bond donors (Lipinski definition) is 0. The number of methoxy groups -OCH3 is 1. The first-order valence-corrected chi connectivity index (χ1v) is 11.2. The van der Waals surface area contributed by atoms with E-state index in [9.17, 15) is 0 Å². The van der Waals surface area contributed by atoms with Crippen LogP contribution in [0.5, 0.6) is 0 Å². The molecule has 2 saturated heterocycles. The maximum atomic E-state index is 6.06. The molecule has 2 aliphatic heterocycles. The first-order chi connectivity index (χ1) is 10.5. The minimum Gasteiger partial charge on any atom is -0.549 e. The summed E-state index contributed by atoms with van der Waals surface area (Å²) >= 11 is 0. The van der Waals surface area contributed by atoms with E-state index in [-0.39, 0.29) is 29.6 Å². The van der Waals surface area contributed by atoms with Crippen LogP contribution < -0.4 is 0 Å². The molecule has 4 atom stereocenters. The molecule has 0 saturated carbocycles. The van der Waals surface area contributed by atoms with Gasteiger partial charge in [0.25, 0.3) is 0 Å². The molecule has 0 aliphatic carbocycles. The van der Waals surface area contributed by atoms with Crippen molar-refractivity contribution in [3.8, 4) is 0 Å². The SMILES string of the molecule is CO[C@@H]1O[C@H](C/C=C/O[Si](C)(C)C(C)(C)C)[C@H]2OC(C)(C)O[C@@H]12. The van der Waals surface area contributed by atoms with Crippen molar-refractivity contribution in [3.05, 3.63) is 12.3 Å². The largest absolute Gasteiger partial charge is 0.549 e. The summed E-state index contributed by atoms with van der Waals surface area (Å²) in [5, 5.41) is 0.194. The zero-order chi connectivity index (χ0) is 17.5. The minimum absolute atomic E-state index is 0.0778. The van der Waals surface area contributed by atoms with Gasteiger partial charge in [-0.15, -0.1) is 0 Å². The van der Waals surface area contributed by atoms with Gasteiger partial charge in [-0.05, 0) is 44.5 Å². The van der Waals surface area contributed by atoms with E-state index in [4.69, 9.17) is 23.4 Å². The van der Waals surface area contributed by atoms with Crippen molar-refractivity contribution in [3.63, 3.8) is 0 Å². The van der Waals surface area contributed by atoms with Crippen LogP contribution in [0.3, 0.4) is 0 Å². The van der Waals surface area contributed by atoms with E-state index in [1.54, 1.807) is 7.11 Å². The summed E-state index contributed by atoms with van der Waals surface area (Å²) in [5.74, 6) is -0.588. The molecule has 0 aromatic heterocycles. The average molecular weight is 345 g/mol. The van der Waals surface area contributed by atoms with Crippen molar-refractivity contribution in [1.29, 1.82) is 0 Å². The summed E-state index contributed by atoms with van der Waals surface area (Å²) in [5.41, 5.74) is 0. The molecular formula is C17H32O5Si. The number of fused-ring (bicyclic) bond motifs is 1. The van der Waals surface area contributed by atoms with Crippen molar-refractivity contribution >= 4 is 8.32 Å². The van der Waals surface area contributed by atoms with Crippen LogP contribution in [0.25, 0.3) is 0 Å². The highest BCUT2D eigenvalue weighted by atomic mass is 28.4. The molecule has 0 aromatic rings. The Bertz CT molecular complexity index is 441. The van der Waals surface area contributed by atoms with Gasteiger partial charge in [-0.1, -0.05) is 20.8 Å². The lowest BCUT2D eigenvalue weighted by Gasteiger charge is -2.35. The molecule has 0 radical (unpaired) electrons. The van der Waals surface area contributed by atoms with Crippen LogP contribution in [-0.4, -0.2) is 45.8 Å².